The SMILES string of the molecule is COc1cc([N+](=O)[O-])ccc1NC(=S)Nc1cccc(C(=O)[O-])c1. The highest BCUT2D eigenvalue weighted by atomic mass is 32.1. The number of thiocarbonyl (C=S) groups is 1. The van der Waals surface area contributed by atoms with Crippen molar-refractivity contribution in [1.82, 2.24) is 0 Å². The fourth-order valence-corrected chi connectivity index (χ4v) is 2.13. The molecule has 2 rings (SSSR count). The van der Waals surface area contributed by atoms with Gasteiger partial charge in [0, 0.05) is 11.8 Å². The van der Waals surface area contributed by atoms with E-state index in [1.54, 1.807) is 12.1 Å². The van der Waals surface area contributed by atoms with Crippen molar-refractivity contribution in [3.8, 4) is 5.75 Å². The van der Waals surface area contributed by atoms with Gasteiger partial charge in [-0.05, 0) is 36.0 Å². The van der Waals surface area contributed by atoms with Crippen LogP contribution in [0.3, 0.4) is 0 Å². The van der Waals surface area contributed by atoms with E-state index in [4.69, 9.17) is 17.0 Å². The molecule has 2 aromatic rings. The first-order valence-electron chi connectivity index (χ1n) is 6.62. The van der Waals surface area contributed by atoms with Crippen LogP contribution in [0.25, 0.3) is 0 Å². The van der Waals surface area contributed by atoms with Crippen LogP contribution in [0.15, 0.2) is 42.5 Å². The zero-order chi connectivity index (χ0) is 17.7. The van der Waals surface area contributed by atoms with Crippen LogP contribution in [0, 0.1) is 10.1 Å². The molecule has 0 spiro atoms. The number of methoxy groups -OCH3 is 1. The third-order valence-corrected chi connectivity index (χ3v) is 3.20. The van der Waals surface area contributed by atoms with Crippen LogP contribution in [0.2, 0.25) is 0 Å². The number of rotatable bonds is 5. The molecule has 0 aliphatic carbocycles. The lowest BCUT2D eigenvalue weighted by Crippen LogP contribution is -2.23. The number of carbonyl (C=O) groups excluding carboxylic acids is 1. The molecule has 0 saturated carbocycles. The maximum atomic E-state index is 10.8. The summed E-state index contributed by atoms with van der Waals surface area (Å²) in [5, 5.41) is 27.4. The van der Waals surface area contributed by atoms with Gasteiger partial charge >= 0.3 is 0 Å². The number of non-ortho nitro benzene ring substituents is 1. The molecule has 0 unspecified atom stereocenters. The lowest BCUT2D eigenvalue weighted by atomic mass is 10.2. The standard InChI is InChI=1S/C15H13N3O5S/c1-23-13-8-11(18(21)22)5-6-12(13)17-15(24)16-10-4-2-3-9(7-10)14(19)20/h2-8H,1H3,(H,19,20)(H2,16,17,24)/p-1. The molecule has 0 aliphatic heterocycles. The van der Waals surface area contributed by atoms with Crippen LogP contribution in [-0.4, -0.2) is 23.1 Å². The summed E-state index contributed by atoms with van der Waals surface area (Å²) in [5.74, 6) is -1.05. The van der Waals surface area contributed by atoms with Crippen molar-refractivity contribution in [3.63, 3.8) is 0 Å². The number of carboxylic acid groups (broad SMARTS) is 1. The Balaban J connectivity index is 2.14. The summed E-state index contributed by atoms with van der Waals surface area (Å²) in [6.07, 6.45) is 0. The number of aromatic carboxylic acids is 1. The number of nitro benzene ring substituents is 1. The molecule has 9 heteroatoms. The zero-order valence-electron chi connectivity index (χ0n) is 12.4. The van der Waals surface area contributed by atoms with Crippen LogP contribution in [0.1, 0.15) is 10.4 Å². The Morgan fingerprint density at radius 3 is 2.58 bits per heavy atom. The van der Waals surface area contributed by atoms with Gasteiger partial charge < -0.3 is 25.3 Å². The lowest BCUT2D eigenvalue weighted by Gasteiger charge is -2.14. The number of hydrogen-bond acceptors (Lipinski definition) is 6. The van der Waals surface area contributed by atoms with E-state index in [1.165, 1.54) is 37.4 Å². The van der Waals surface area contributed by atoms with Gasteiger partial charge in [0.1, 0.15) is 5.75 Å². The van der Waals surface area contributed by atoms with Gasteiger partial charge in [-0.3, -0.25) is 10.1 Å². The number of carboxylic acids is 1. The Kier molecular flexibility index (Phi) is 5.27. The first kappa shape index (κ1) is 17.2. The molecule has 0 saturated heterocycles. The first-order chi connectivity index (χ1) is 11.4. The molecule has 0 bridgehead atoms. The van der Waals surface area contributed by atoms with Crippen molar-refractivity contribution >= 4 is 40.4 Å². The minimum atomic E-state index is -1.30. The van der Waals surface area contributed by atoms with E-state index in [9.17, 15) is 20.0 Å². The number of benzene rings is 2. The lowest BCUT2D eigenvalue weighted by molar-refractivity contribution is -0.384. The van der Waals surface area contributed by atoms with Crippen molar-refractivity contribution < 1.29 is 19.6 Å². The smallest absolute Gasteiger partial charge is 0.273 e. The van der Waals surface area contributed by atoms with Crippen LogP contribution in [0.5, 0.6) is 5.75 Å². The summed E-state index contributed by atoms with van der Waals surface area (Å²) in [5.41, 5.74) is 0.778. The van der Waals surface area contributed by atoms with Gasteiger partial charge in [-0.15, -0.1) is 0 Å². The van der Waals surface area contributed by atoms with Crippen LogP contribution < -0.4 is 20.5 Å². The molecule has 0 amide bonds. The molecule has 0 aliphatic rings. The Morgan fingerprint density at radius 1 is 1.21 bits per heavy atom. The molecule has 124 valence electrons. The molecule has 24 heavy (non-hydrogen) atoms. The van der Waals surface area contributed by atoms with E-state index in [0.717, 1.165) is 0 Å². The number of nitrogens with one attached hydrogen (secondary N) is 2. The van der Waals surface area contributed by atoms with Crippen molar-refractivity contribution in [3.05, 3.63) is 58.1 Å². The Labute approximate surface area is 142 Å². The van der Waals surface area contributed by atoms with E-state index in [2.05, 4.69) is 10.6 Å². The second-order valence-electron chi connectivity index (χ2n) is 4.59. The topological polar surface area (TPSA) is 117 Å². The summed E-state index contributed by atoms with van der Waals surface area (Å²) in [7, 11) is 1.38. The second-order valence-corrected chi connectivity index (χ2v) is 5.00. The van der Waals surface area contributed by atoms with Gasteiger partial charge in [0.05, 0.1) is 29.8 Å². The van der Waals surface area contributed by atoms with Crippen molar-refractivity contribution in [1.29, 1.82) is 0 Å². The number of anilines is 2. The van der Waals surface area contributed by atoms with Crippen LogP contribution in [-0.2, 0) is 0 Å². The van der Waals surface area contributed by atoms with Gasteiger partial charge in [-0.2, -0.15) is 0 Å². The van der Waals surface area contributed by atoms with Gasteiger partial charge in [-0.1, -0.05) is 12.1 Å². The highest BCUT2D eigenvalue weighted by Gasteiger charge is 2.12. The number of carbonyl (C=O) groups is 1. The largest absolute Gasteiger partial charge is 0.545 e. The monoisotopic (exact) mass is 346 g/mol. The predicted octanol–water partition coefficient (Wildman–Crippen LogP) is 1.78. The van der Waals surface area contributed by atoms with Gasteiger partial charge in [0.25, 0.3) is 5.69 Å². The summed E-state index contributed by atoms with van der Waals surface area (Å²) in [6, 6.07) is 9.98. The van der Waals surface area contributed by atoms with E-state index in [1.807, 2.05) is 0 Å². The second kappa shape index (κ2) is 7.38. The fourth-order valence-electron chi connectivity index (χ4n) is 1.91. The van der Waals surface area contributed by atoms with Crippen molar-refractivity contribution in [2.45, 2.75) is 0 Å². The summed E-state index contributed by atoms with van der Waals surface area (Å²) < 4.78 is 5.10. The minimum Gasteiger partial charge on any atom is -0.545 e. The number of nitro groups is 1. The molecule has 0 atom stereocenters. The Bertz CT molecular complexity index is 809. The number of hydrogen-bond donors (Lipinski definition) is 2. The summed E-state index contributed by atoms with van der Waals surface area (Å²) >= 11 is 5.14. The average Bonchev–Trinajstić information content (AvgIpc) is 2.55. The third-order valence-electron chi connectivity index (χ3n) is 3.00. The summed E-state index contributed by atoms with van der Waals surface area (Å²) in [4.78, 5) is 21.1. The Hall–Kier alpha value is -3.20. The Morgan fingerprint density at radius 2 is 1.96 bits per heavy atom. The number of nitrogens with zero attached hydrogens (tertiary/aromatic N) is 1. The van der Waals surface area contributed by atoms with E-state index in [-0.39, 0.29) is 22.1 Å². The van der Waals surface area contributed by atoms with Gasteiger partial charge in [-0.25, -0.2) is 0 Å². The predicted molar refractivity (Wildman–Crippen MR) is 90.3 cm³/mol. The maximum absolute atomic E-state index is 10.8. The minimum absolute atomic E-state index is 0.00992. The van der Waals surface area contributed by atoms with Gasteiger partial charge in [0.2, 0.25) is 0 Å². The molecular formula is C15H12N3O5S-. The van der Waals surface area contributed by atoms with Crippen LogP contribution >= 0.6 is 12.2 Å². The third kappa shape index (κ3) is 4.17. The molecule has 0 aromatic heterocycles. The van der Waals surface area contributed by atoms with E-state index >= 15 is 0 Å². The van der Waals surface area contributed by atoms with Gasteiger partial charge in [0.15, 0.2) is 5.11 Å². The highest BCUT2D eigenvalue weighted by Crippen LogP contribution is 2.29. The summed E-state index contributed by atoms with van der Waals surface area (Å²) in [6.45, 7) is 0. The molecule has 8 nitrogen and oxygen atoms in total. The molecule has 0 fully saturated rings. The maximum Gasteiger partial charge on any atom is 0.273 e. The van der Waals surface area contributed by atoms with E-state index < -0.39 is 10.9 Å². The van der Waals surface area contributed by atoms with E-state index in [0.29, 0.717) is 11.4 Å². The fraction of sp³-hybridized carbons (Fsp3) is 0.0667. The van der Waals surface area contributed by atoms with Crippen LogP contribution in [0.4, 0.5) is 17.1 Å². The molecule has 0 radical (unpaired) electrons. The molecule has 2 aromatic carbocycles. The molecule has 2 N–H and O–H groups in total. The zero-order valence-corrected chi connectivity index (χ0v) is 13.3. The molecule has 0 heterocycles. The van der Waals surface area contributed by atoms with Crippen molar-refractivity contribution in [2.24, 2.45) is 0 Å². The molecular weight excluding hydrogens is 334 g/mol. The normalized spacial score (nSPS) is 9.88. The average molecular weight is 346 g/mol. The first-order valence-corrected chi connectivity index (χ1v) is 7.03. The number of ether oxygens (including phenoxy) is 1. The highest BCUT2D eigenvalue weighted by molar-refractivity contribution is 7.80. The van der Waals surface area contributed by atoms with Crippen molar-refractivity contribution in [2.75, 3.05) is 17.7 Å². The quantitative estimate of drug-likeness (QED) is 0.478.